The normalized spacial score (nSPS) is 12.1. The Morgan fingerprint density at radius 2 is 1.70 bits per heavy atom. The molecule has 6 nitrogen and oxygen atoms in total. The molecule has 0 saturated heterocycles. The first-order chi connectivity index (χ1) is 16.1. The third-order valence-electron chi connectivity index (χ3n) is 5.66. The summed E-state index contributed by atoms with van der Waals surface area (Å²) >= 11 is 6.43. The lowest BCUT2D eigenvalue weighted by atomic mass is 10.1. The molecule has 0 bridgehead atoms. The quantitative estimate of drug-likeness (QED) is 0.350. The van der Waals surface area contributed by atoms with Gasteiger partial charge in [-0.3, -0.25) is 9.36 Å². The third kappa shape index (κ3) is 3.79. The number of para-hydroxylation sites is 2. The summed E-state index contributed by atoms with van der Waals surface area (Å²) < 4.78 is 1.72. The highest BCUT2D eigenvalue weighted by Crippen LogP contribution is 2.29. The fourth-order valence-electron chi connectivity index (χ4n) is 4.08. The van der Waals surface area contributed by atoms with Crippen molar-refractivity contribution in [2.75, 3.05) is 17.7 Å². The predicted molar refractivity (Wildman–Crippen MR) is 136 cm³/mol. The molecule has 0 aliphatic rings. The van der Waals surface area contributed by atoms with Gasteiger partial charge in [-0.15, -0.1) is 0 Å². The van der Waals surface area contributed by atoms with E-state index in [2.05, 4.69) is 20.6 Å². The molecule has 5 rings (SSSR count). The Morgan fingerprint density at radius 1 is 0.939 bits per heavy atom. The molecule has 3 aromatic carbocycles. The standard InChI is InChI=1S/C26H22ClN5O/c1-16(29-24-19-12-6-7-14-21(19)30-26(28-2)31-24)22-15-17-9-8-13-20(27)23(17)25(33)32(22)18-10-4-3-5-11-18/h3-16H,1-2H3,(H2,28,29,30,31)/t16-/m0/s1. The number of benzene rings is 3. The zero-order valence-corrected chi connectivity index (χ0v) is 19.0. The summed E-state index contributed by atoms with van der Waals surface area (Å²) in [5.74, 6) is 1.21. The molecular formula is C26H22ClN5O. The van der Waals surface area contributed by atoms with Crippen molar-refractivity contribution in [2.24, 2.45) is 0 Å². The Kier molecular flexibility index (Phi) is 5.44. The SMILES string of the molecule is CNc1nc(N[C@@H](C)c2cc3cccc(Cl)c3c(=O)n2-c2ccccc2)c2ccccc2n1. The maximum Gasteiger partial charge on any atom is 0.264 e. The lowest BCUT2D eigenvalue weighted by Crippen LogP contribution is -2.26. The number of nitrogens with one attached hydrogen (secondary N) is 2. The lowest BCUT2D eigenvalue weighted by molar-refractivity contribution is 0.774. The Balaban J connectivity index is 1.71. The van der Waals surface area contributed by atoms with Crippen molar-refractivity contribution in [3.8, 4) is 5.69 Å². The van der Waals surface area contributed by atoms with E-state index in [9.17, 15) is 4.79 Å². The summed E-state index contributed by atoms with van der Waals surface area (Å²) in [6.45, 7) is 2.01. The first-order valence-electron chi connectivity index (χ1n) is 10.7. The Hall–Kier alpha value is -3.90. The number of halogens is 1. The van der Waals surface area contributed by atoms with E-state index in [0.29, 0.717) is 22.2 Å². The average molecular weight is 456 g/mol. The molecular weight excluding hydrogens is 434 g/mol. The number of fused-ring (bicyclic) bond motifs is 2. The number of nitrogens with zero attached hydrogens (tertiary/aromatic N) is 3. The number of aromatic nitrogens is 3. The van der Waals surface area contributed by atoms with E-state index in [-0.39, 0.29) is 11.6 Å². The molecule has 2 aromatic heterocycles. The van der Waals surface area contributed by atoms with Crippen LogP contribution in [0.2, 0.25) is 5.02 Å². The number of anilines is 2. The van der Waals surface area contributed by atoms with Crippen LogP contribution in [0.4, 0.5) is 11.8 Å². The molecule has 0 radical (unpaired) electrons. The lowest BCUT2D eigenvalue weighted by Gasteiger charge is -2.22. The van der Waals surface area contributed by atoms with Crippen molar-refractivity contribution >= 4 is 45.0 Å². The van der Waals surface area contributed by atoms with Crippen LogP contribution in [0.25, 0.3) is 27.4 Å². The van der Waals surface area contributed by atoms with Crippen LogP contribution in [0.1, 0.15) is 18.7 Å². The van der Waals surface area contributed by atoms with Gasteiger partial charge in [0.25, 0.3) is 5.56 Å². The van der Waals surface area contributed by atoms with Crippen LogP contribution in [0.5, 0.6) is 0 Å². The molecule has 2 heterocycles. The van der Waals surface area contributed by atoms with Gasteiger partial charge in [-0.25, -0.2) is 4.98 Å². The van der Waals surface area contributed by atoms with Gasteiger partial charge in [0, 0.05) is 23.8 Å². The highest BCUT2D eigenvalue weighted by molar-refractivity contribution is 6.35. The van der Waals surface area contributed by atoms with E-state index >= 15 is 0 Å². The first kappa shape index (κ1) is 21.0. The highest BCUT2D eigenvalue weighted by atomic mass is 35.5. The molecule has 33 heavy (non-hydrogen) atoms. The number of hydrogen-bond donors (Lipinski definition) is 2. The van der Waals surface area contributed by atoms with Gasteiger partial charge in [0.2, 0.25) is 5.95 Å². The summed E-state index contributed by atoms with van der Waals surface area (Å²) in [6.07, 6.45) is 0. The fourth-order valence-corrected chi connectivity index (χ4v) is 4.34. The number of rotatable bonds is 5. The predicted octanol–water partition coefficient (Wildman–Crippen LogP) is 5.80. The van der Waals surface area contributed by atoms with E-state index in [1.54, 1.807) is 17.7 Å². The monoisotopic (exact) mass is 455 g/mol. The van der Waals surface area contributed by atoms with Crippen LogP contribution < -0.4 is 16.2 Å². The molecule has 0 aliphatic heterocycles. The number of hydrogen-bond acceptors (Lipinski definition) is 5. The minimum absolute atomic E-state index is 0.156. The van der Waals surface area contributed by atoms with Crippen LogP contribution >= 0.6 is 11.6 Å². The summed E-state index contributed by atoms with van der Waals surface area (Å²) in [5.41, 5.74) is 2.25. The fraction of sp³-hybridized carbons (Fsp3) is 0.115. The van der Waals surface area contributed by atoms with Crippen LogP contribution in [0, 0.1) is 0 Å². The van der Waals surface area contributed by atoms with Crippen LogP contribution in [-0.4, -0.2) is 21.6 Å². The van der Waals surface area contributed by atoms with Gasteiger partial charge in [-0.05, 0) is 48.7 Å². The Labute approximate surface area is 195 Å². The van der Waals surface area contributed by atoms with Gasteiger partial charge in [0.15, 0.2) is 0 Å². The molecule has 0 saturated carbocycles. The van der Waals surface area contributed by atoms with Crippen molar-refractivity contribution in [3.63, 3.8) is 0 Å². The van der Waals surface area contributed by atoms with Gasteiger partial charge < -0.3 is 10.6 Å². The Morgan fingerprint density at radius 3 is 2.48 bits per heavy atom. The second kappa shape index (κ2) is 8.56. The van der Waals surface area contributed by atoms with Crippen molar-refractivity contribution in [3.05, 3.63) is 99.9 Å². The first-order valence-corrected chi connectivity index (χ1v) is 11.1. The van der Waals surface area contributed by atoms with E-state index in [1.807, 2.05) is 79.7 Å². The van der Waals surface area contributed by atoms with Crippen molar-refractivity contribution < 1.29 is 0 Å². The molecule has 1 atom stereocenters. The second-order valence-electron chi connectivity index (χ2n) is 7.78. The summed E-state index contributed by atoms with van der Waals surface area (Å²) in [7, 11) is 1.79. The topological polar surface area (TPSA) is 71.8 Å². The van der Waals surface area contributed by atoms with Gasteiger partial charge in [-0.1, -0.05) is 54.1 Å². The molecule has 0 fully saturated rings. The Bertz CT molecular complexity index is 1530. The second-order valence-corrected chi connectivity index (χ2v) is 8.19. The van der Waals surface area contributed by atoms with Crippen LogP contribution in [0.3, 0.4) is 0 Å². The van der Waals surface area contributed by atoms with Gasteiger partial charge in [-0.2, -0.15) is 4.98 Å². The third-order valence-corrected chi connectivity index (χ3v) is 5.98. The molecule has 0 amide bonds. The summed E-state index contributed by atoms with van der Waals surface area (Å²) in [4.78, 5) is 22.8. The molecule has 0 aliphatic carbocycles. The van der Waals surface area contributed by atoms with Crippen LogP contribution in [0.15, 0.2) is 83.7 Å². The molecule has 7 heteroatoms. The van der Waals surface area contributed by atoms with Crippen molar-refractivity contribution in [2.45, 2.75) is 13.0 Å². The maximum absolute atomic E-state index is 13.7. The molecule has 5 aromatic rings. The van der Waals surface area contributed by atoms with Crippen molar-refractivity contribution in [1.29, 1.82) is 0 Å². The smallest absolute Gasteiger partial charge is 0.264 e. The van der Waals surface area contributed by atoms with Gasteiger partial charge >= 0.3 is 0 Å². The number of pyridine rings is 1. The van der Waals surface area contributed by atoms with E-state index in [1.165, 1.54) is 0 Å². The zero-order chi connectivity index (χ0) is 22.9. The largest absolute Gasteiger partial charge is 0.361 e. The van der Waals surface area contributed by atoms with E-state index in [4.69, 9.17) is 11.6 Å². The highest BCUT2D eigenvalue weighted by Gasteiger charge is 2.19. The molecule has 0 spiro atoms. The summed E-state index contributed by atoms with van der Waals surface area (Å²) in [6, 6.07) is 24.7. The molecule has 0 unspecified atom stereocenters. The average Bonchev–Trinajstić information content (AvgIpc) is 2.84. The van der Waals surface area contributed by atoms with Gasteiger partial charge in [0.1, 0.15) is 5.82 Å². The zero-order valence-electron chi connectivity index (χ0n) is 18.2. The van der Waals surface area contributed by atoms with E-state index in [0.717, 1.165) is 27.7 Å². The maximum atomic E-state index is 13.7. The van der Waals surface area contributed by atoms with E-state index < -0.39 is 0 Å². The summed E-state index contributed by atoms with van der Waals surface area (Å²) in [5, 5.41) is 9.17. The van der Waals surface area contributed by atoms with Gasteiger partial charge in [0.05, 0.1) is 22.0 Å². The van der Waals surface area contributed by atoms with Crippen molar-refractivity contribution in [1.82, 2.24) is 14.5 Å². The minimum Gasteiger partial charge on any atom is -0.361 e. The van der Waals surface area contributed by atoms with Crippen LogP contribution in [-0.2, 0) is 0 Å². The molecule has 2 N–H and O–H groups in total. The minimum atomic E-state index is -0.246. The molecule has 164 valence electrons.